The lowest BCUT2D eigenvalue weighted by molar-refractivity contribution is 0.102. The largest absolute Gasteiger partial charge is 0.321 e. The van der Waals surface area contributed by atoms with Crippen LogP contribution in [0.2, 0.25) is 5.02 Å². The lowest BCUT2D eigenvalue weighted by atomic mass is 10.0. The first kappa shape index (κ1) is 16.1. The van der Waals surface area contributed by atoms with Gasteiger partial charge in [0.2, 0.25) is 0 Å². The number of nitrogens with one attached hydrogen (secondary N) is 1. The van der Waals surface area contributed by atoms with E-state index < -0.39 is 0 Å². The van der Waals surface area contributed by atoms with Crippen molar-refractivity contribution in [2.45, 2.75) is 26.7 Å². The van der Waals surface area contributed by atoms with Crippen molar-refractivity contribution in [2.24, 2.45) is 0 Å². The molecule has 0 fully saturated rings. The molecule has 110 valence electrons. The molecule has 0 aliphatic carbocycles. The van der Waals surface area contributed by atoms with Gasteiger partial charge in [-0.2, -0.15) is 0 Å². The summed E-state index contributed by atoms with van der Waals surface area (Å²) in [4.78, 5) is 12.4. The first-order valence-electron chi connectivity index (χ1n) is 6.94. The van der Waals surface area contributed by atoms with Crippen molar-refractivity contribution in [3.05, 3.63) is 62.6 Å². The highest BCUT2D eigenvalue weighted by Crippen LogP contribution is 2.30. The van der Waals surface area contributed by atoms with E-state index in [2.05, 4.69) is 28.2 Å². The van der Waals surface area contributed by atoms with Crippen molar-refractivity contribution in [1.29, 1.82) is 0 Å². The molecule has 1 N–H and O–H groups in total. The van der Waals surface area contributed by atoms with Crippen molar-refractivity contribution in [2.75, 3.05) is 5.32 Å². The Kier molecular flexibility index (Phi) is 5.43. The second kappa shape index (κ2) is 7.10. The number of aryl methyl sites for hydroxylation is 1. The number of benzene rings is 2. The van der Waals surface area contributed by atoms with Gasteiger partial charge in [0.15, 0.2) is 0 Å². The summed E-state index contributed by atoms with van der Waals surface area (Å²) in [6.07, 6.45) is 1.63. The quantitative estimate of drug-likeness (QED) is 0.762. The zero-order chi connectivity index (χ0) is 15.4. The molecule has 0 bridgehead atoms. The summed E-state index contributed by atoms with van der Waals surface area (Å²) in [7, 11) is 0. The molecule has 0 unspecified atom stereocenters. The topological polar surface area (TPSA) is 29.1 Å². The molecule has 0 atom stereocenters. The molecule has 0 spiro atoms. The SMILES string of the molecule is CCc1ccc(Cl)c(CC)c1NC(=O)c1ccc(Br)cc1. The van der Waals surface area contributed by atoms with Crippen molar-refractivity contribution in [3.8, 4) is 0 Å². The minimum Gasteiger partial charge on any atom is -0.321 e. The number of rotatable bonds is 4. The molecule has 2 nitrogen and oxygen atoms in total. The van der Waals surface area contributed by atoms with E-state index in [1.54, 1.807) is 12.1 Å². The van der Waals surface area contributed by atoms with Crippen LogP contribution in [0.15, 0.2) is 40.9 Å². The van der Waals surface area contributed by atoms with Gasteiger partial charge in [0.25, 0.3) is 5.91 Å². The molecule has 0 saturated carbocycles. The second-order valence-corrected chi connectivity index (χ2v) is 6.05. The third-order valence-electron chi connectivity index (χ3n) is 3.42. The van der Waals surface area contributed by atoms with Crippen LogP contribution in [-0.4, -0.2) is 5.91 Å². The maximum Gasteiger partial charge on any atom is 0.255 e. The van der Waals surface area contributed by atoms with Gasteiger partial charge in [-0.15, -0.1) is 0 Å². The fourth-order valence-corrected chi connectivity index (χ4v) is 2.81. The van der Waals surface area contributed by atoms with Crippen LogP contribution in [0.5, 0.6) is 0 Å². The Bertz CT molecular complexity index is 653. The summed E-state index contributed by atoms with van der Waals surface area (Å²) >= 11 is 9.62. The fraction of sp³-hybridized carbons (Fsp3) is 0.235. The van der Waals surface area contributed by atoms with E-state index in [9.17, 15) is 4.79 Å². The van der Waals surface area contributed by atoms with Crippen molar-refractivity contribution in [1.82, 2.24) is 0 Å². The van der Waals surface area contributed by atoms with E-state index in [1.807, 2.05) is 31.2 Å². The van der Waals surface area contributed by atoms with Gasteiger partial charge in [0, 0.05) is 20.7 Å². The molecule has 1 amide bonds. The maximum atomic E-state index is 12.4. The zero-order valence-electron chi connectivity index (χ0n) is 12.0. The highest BCUT2D eigenvalue weighted by Gasteiger charge is 2.14. The molecule has 2 rings (SSSR count). The van der Waals surface area contributed by atoms with Crippen LogP contribution in [0.1, 0.15) is 35.3 Å². The Morgan fingerprint density at radius 2 is 1.76 bits per heavy atom. The molecular formula is C17H17BrClNO. The van der Waals surface area contributed by atoms with Crippen molar-refractivity contribution < 1.29 is 4.79 Å². The summed E-state index contributed by atoms with van der Waals surface area (Å²) in [5.41, 5.74) is 3.56. The lowest BCUT2D eigenvalue weighted by Crippen LogP contribution is -2.15. The Balaban J connectivity index is 2.36. The standard InChI is InChI=1S/C17H17BrClNO/c1-3-11-7-10-15(19)14(4-2)16(11)20-17(21)12-5-8-13(18)9-6-12/h5-10H,3-4H2,1-2H3,(H,20,21). The average molecular weight is 367 g/mol. The average Bonchev–Trinajstić information content (AvgIpc) is 2.48. The first-order chi connectivity index (χ1) is 10.1. The monoisotopic (exact) mass is 365 g/mol. The van der Waals surface area contributed by atoms with Crippen molar-refractivity contribution in [3.63, 3.8) is 0 Å². The van der Waals surface area contributed by atoms with Crippen LogP contribution in [0.4, 0.5) is 5.69 Å². The Hall–Kier alpha value is -1.32. The minimum atomic E-state index is -0.117. The van der Waals surface area contributed by atoms with Gasteiger partial charge in [0.05, 0.1) is 0 Å². The molecule has 0 heterocycles. The third kappa shape index (κ3) is 3.66. The summed E-state index contributed by atoms with van der Waals surface area (Å²) in [6.45, 7) is 4.11. The first-order valence-corrected chi connectivity index (χ1v) is 8.11. The van der Waals surface area contributed by atoms with Gasteiger partial charge in [-0.25, -0.2) is 0 Å². The highest BCUT2D eigenvalue weighted by atomic mass is 79.9. The van der Waals surface area contributed by atoms with E-state index in [0.717, 1.165) is 34.1 Å². The van der Waals surface area contributed by atoms with Gasteiger partial charge in [-0.05, 0) is 54.3 Å². The van der Waals surface area contributed by atoms with Crippen LogP contribution in [-0.2, 0) is 12.8 Å². The van der Waals surface area contributed by atoms with Crippen LogP contribution >= 0.6 is 27.5 Å². The number of hydrogen-bond donors (Lipinski definition) is 1. The number of carbonyl (C=O) groups excluding carboxylic acids is 1. The molecule has 0 aliphatic rings. The van der Waals surface area contributed by atoms with Crippen LogP contribution < -0.4 is 5.32 Å². The highest BCUT2D eigenvalue weighted by molar-refractivity contribution is 9.10. The normalized spacial score (nSPS) is 10.5. The molecule has 0 saturated heterocycles. The minimum absolute atomic E-state index is 0.117. The van der Waals surface area contributed by atoms with Gasteiger partial charge >= 0.3 is 0 Å². The Labute approximate surface area is 138 Å². The molecule has 4 heteroatoms. The van der Waals surface area contributed by atoms with E-state index in [1.165, 1.54) is 0 Å². The summed E-state index contributed by atoms with van der Waals surface area (Å²) in [6, 6.07) is 11.2. The van der Waals surface area contributed by atoms with Crippen LogP contribution in [0.25, 0.3) is 0 Å². The fourth-order valence-electron chi connectivity index (χ4n) is 2.25. The summed E-state index contributed by atoms with van der Waals surface area (Å²) in [5.74, 6) is -0.117. The van der Waals surface area contributed by atoms with Crippen molar-refractivity contribution >= 4 is 39.1 Å². The lowest BCUT2D eigenvalue weighted by Gasteiger charge is -2.16. The second-order valence-electron chi connectivity index (χ2n) is 4.73. The third-order valence-corrected chi connectivity index (χ3v) is 4.30. The number of anilines is 1. The predicted molar refractivity (Wildman–Crippen MR) is 92.3 cm³/mol. The number of carbonyl (C=O) groups is 1. The molecule has 0 aliphatic heterocycles. The van der Waals surface area contributed by atoms with Gasteiger partial charge in [-0.1, -0.05) is 47.4 Å². The Morgan fingerprint density at radius 3 is 2.33 bits per heavy atom. The van der Waals surface area contributed by atoms with Gasteiger partial charge in [-0.3, -0.25) is 4.79 Å². The van der Waals surface area contributed by atoms with E-state index >= 15 is 0 Å². The molecule has 2 aromatic carbocycles. The maximum absolute atomic E-state index is 12.4. The predicted octanol–water partition coefficient (Wildman–Crippen LogP) is 5.48. The number of amides is 1. The molecule has 21 heavy (non-hydrogen) atoms. The van der Waals surface area contributed by atoms with E-state index in [4.69, 9.17) is 11.6 Å². The van der Waals surface area contributed by atoms with E-state index in [-0.39, 0.29) is 5.91 Å². The van der Waals surface area contributed by atoms with E-state index in [0.29, 0.717) is 10.6 Å². The van der Waals surface area contributed by atoms with Gasteiger partial charge < -0.3 is 5.32 Å². The smallest absolute Gasteiger partial charge is 0.255 e. The van der Waals surface area contributed by atoms with Crippen LogP contribution in [0.3, 0.4) is 0 Å². The van der Waals surface area contributed by atoms with Crippen LogP contribution in [0, 0.1) is 0 Å². The molecule has 0 radical (unpaired) electrons. The summed E-state index contributed by atoms with van der Waals surface area (Å²) < 4.78 is 0.949. The zero-order valence-corrected chi connectivity index (χ0v) is 14.4. The molecular weight excluding hydrogens is 350 g/mol. The molecule has 0 aromatic heterocycles. The van der Waals surface area contributed by atoms with Gasteiger partial charge in [0.1, 0.15) is 0 Å². The molecule has 2 aromatic rings. The Morgan fingerprint density at radius 1 is 1.10 bits per heavy atom. The number of hydrogen-bond acceptors (Lipinski definition) is 1. The number of halogens is 2. The summed E-state index contributed by atoms with van der Waals surface area (Å²) in [5, 5.41) is 3.71.